The van der Waals surface area contributed by atoms with Crippen molar-refractivity contribution < 1.29 is 4.42 Å². The van der Waals surface area contributed by atoms with Crippen molar-refractivity contribution in [1.82, 2.24) is 29.9 Å². The van der Waals surface area contributed by atoms with Gasteiger partial charge in [-0.25, -0.2) is 0 Å². The van der Waals surface area contributed by atoms with Crippen LogP contribution in [0, 0.1) is 6.92 Å². The van der Waals surface area contributed by atoms with E-state index in [4.69, 9.17) is 4.42 Å². The Balaban J connectivity index is 1.54. The number of fused-ring (bicyclic) bond motifs is 1. The van der Waals surface area contributed by atoms with Gasteiger partial charge < -0.3 is 8.98 Å². The molecule has 0 unspecified atom stereocenters. The highest BCUT2D eigenvalue weighted by Gasteiger charge is 2.27. The van der Waals surface area contributed by atoms with Crippen LogP contribution in [0.4, 0.5) is 0 Å². The van der Waals surface area contributed by atoms with Gasteiger partial charge >= 0.3 is 0 Å². The number of thiophene rings is 1. The Labute approximate surface area is 131 Å². The van der Waals surface area contributed by atoms with Crippen molar-refractivity contribution in [2.24, 2.45) is 0 Å². The van der Waals surface area contributed by atoms with E-state index in [2.05, 4.69) is 36.8 Å². The van der Waals surface area contributed by atoms with Gasteiger partial charge in [-0.3, -0.25) is 4.90 Å². The summed E-state index contributed by atoms with van der Waals surface area (Å²) >= 11 is 1.60. The van der Waals surface area contributed by atoms with Crippen LogP contribution in [-0.2, 0) is 13.1 Å². The van der Waals surface area contributed by atoms with Gasteiger partial charge in [-0.1, -0.05) is 6.07 Å². The van der Waals surface area contributed by atoms with E-state index < -0.39 is 0 Å². The van der Waals surface area contributed by atoms with Gasteiger partial charge in [0.2, 0.25) is 5.89 Å². The molecule has 114 valence electrons. The van der Waals surface area contributed by atoms with E-state index in [1.54, 1.807) is 11.3 Å². The predicted molar refractivity (Wildman–Crippen MR) is 81.2 cm³/mol. The molecule has 4 heterocycles. The number of nitrogens with zero attached hydrogens (tertiary/aromatic N) is 6. The van der Waals surface area contributed by atoms with Crippen LogP contribution in [-0.4, -0.2) is 36.4 Å². The zero-order valence-electron chi connectivity index (χ0n) is 12.4. The highest BCUT2D eigenvalue weighted by atomic mass is 32.1. The molecule has 0 aromatic carbocycles. The summed E-state index contributed by atoms with van der Waals surface area (Å²) in [6.45, 7) is 6.64. The van der Waals surface area contributed by atoms with E-state index in [0.717, 1.165) is 36.2 Å². The first kappa shape index (κ1) is 13.6. The average molecular weight is 316 g/mol. The number of hydrogen-bond acceptors (Lipinski definition) is 7. The second-order valence-electron chi connectivity index (χ2n) is 5.38. The standard InChI is InChI=1S/C14H16N6OS/c1-9(13-17-18-14(21-13)11-4-3-7-22-11)19-5-6-20-10(2)15-16-12(20)8-19/h3-4,7,9H,5-6,8H2,1-2H3/t9-/m0/s1. The minimum atomic E-state index is 0.0620. The molecule has 4 rings (SSSR count). The Morgan fingerprint density at radius 3 is 2.95 bits per heavy atom. The first-order valence-electron chi connectivity index (χ1n) is 7.22. The zero-order chi connectivity index (χ0) is 15.1. The molecule has 3 aromatic heterocycles. The van der Waals surface area contributed by atoms with Crippen molar-refractivity contribution in [3.63, 3.8) is 0 Å². The van der Waals surface area contributed by atoms with Crippen molar-refractivity contribution in [1.29, 1.82) is 0 Å². The van der Waals surface area contributed by atoms with Crippen molar-refractivity contribution in [3.05, 3.63) is 35.1 Å². The molecule has 0 N–H and O–H groups in total. The van der Waals surface area contributed by atoms with Crippen molar-refractivity contribution in [2.45, 2.75) is 33.0 Å². The van der Waals surface area contributed by atoms with Gasteiger partial charge in [-0.15, -0.1) is 31.7 Å². The van der Waals surface area contributed by atoms with E-state index in [0.29, 0.717) is 11.8 Å². The van der Waals surface area contributed by atoms with Crippen LogP contribution < -0.4 is 0 Å². The molecule has 1 aliphatic heterocycles. The first-order chi connectivity index (χ1) is 10.7. The van der Waals surface area contributed by atoms with Gasteiger partial charge in [0.25, 0.3) is 5.89 Å². The van der Waals surface area contributed by atoms with Gasteiger partial charge in [0.15, 0.2) is 0 Å². The predicted octanol–water partition coefficient (Wildman–Crippen LogP) is 2.27. The van der Waals surface area contributed by atoms with Gasteiger partial charge in [-0.2, -0.15) is 0 Å². The van der Waals surface area contributed by atoms with E-state index >= 15 is 0 Å². The lowest BCUT2D eigenvalue weighted by atomic mass is 10.2. The smallest absolute Gasteiger partial charge is 0.257 e. The molecule has 8 heteroatoms. The summed E-state index contributed by atoms with van der Waals surface area (Å²) in [5.74, 6) is 3.20. The Hall–Kier alpha value is -2.06. The molecular formula is C14H16N6OS. The molecule has 0 amide bonds. The third kappa shape index (κ3) is 2.24. The molecule has 0 bridgehead atoms. The topological polar surface area (TPSA) is 72.9 Å². The van der Waals surface area contributed by atoms with Crippen LogP contribution >= 0.6 is 11.3 Å². The number of aromatic nitrogens is 5. The van der Waals surface area contributed by atoms with E-state index in [-0.39, 0.29) is 6.04 Å². The SMILES string of the molecule is Cc1nnc2n1CCN([C@@H](C)c1nnc(-c3cccs3)o1)C2. The minimum Gasteiger partial charge on any atom is -0.418 e. The maximum atomic E-state index is 5.84. The van der Waals surface area contributed by atoms with Gasteiger partial charge in [0.05, 0.1) is 17.5 Å². The maximum Gasteiger partial charge on any atom is 0.257 e. The molecule has 0 radical (unpaired) electrons. The number of rotatable bonds is 3. The summed E-state index contributed by atoms with van der Waals surface area (Å²) in [5, 5.41) is 18.7. The third-order valence-electron chi connectivity index (χ3n) is 4.05. The van der Waals surface area contributed by atoms with Crippen LogP contribution in [0.1, 0.15) is 30.5 Å². The van der Waals surface area contributed by atoms with Crippen molar-refractivity contribution in [3.8, 4) is 10.8 Å². The van der Waals surface area contributed by atoms with E-state index in [1.165, 1.54) is 0 Å². The molecule has 1 aliphatic rings. The average Bonchev–Trinajstić information content (AvgIpc) is 3.27. The van der Waals surface area contributed by atoms with Gasteiger partial charge in [0.1, 0.15) is 11.6 Å². The Morgan fingerprint density at radius 1 is 1.23 bits per heavy atom. The normalized spacial score (nSPS) is 16.6. The fraction of sp³-hybridized carbons (Fsp3) is 0.429. The molecule has 0 spiro atoms. The number of hydrogen-bond donors (Lipinski definition) is 0. The number of aryl methyl sites for hydroxylation is 1. The zero-order valence-corrected chi connectivity index (χ0v) is 13.2. The monoisotopic (exact) mass is 316 g/mol. The Morgan fingerprint density at radius 2 is 2.14 bits per heavy atom. The van der Waals surface area contributed by atoms with Crippen LogP contribution in [0.15, 0.2) is 21.9 Å². The summed E-state index contributed by atoms with van der Waals surface area (Å²) in [7, 11) is 0. The largest absolute Gasteiger partial charge is 0.418 e. The van der Waals surface area contributed by atoms with Gasteiger partial charge in [-0.05, 0) is 25.3 Å². The third-order valence-corrected chi connectivity index (χ3v) is 4.90. The Bertz CT molecular complexity index is 777. The molecule has 0 aliphatic carbocycles. The highest BCUT2D eigenvalue weighted by molar-refractivity contribution is 7.13. The first-order valence-corrected chi connectivity index (χ1v) is 8.10. The molecule has 0 fully saturated rings. The van der Waals surface area contributed by atoms with Crippen molar-refractivity contribution in [2.75, 3.05) is 6.54 Å². The molecule has 3 aromatic rings. The fourth-order valence-electron chi connectivity index (χ4n) is 2.71. The summed E-state index contributed by atoms with van der Waals surface area (Å²) in [5.41, 5.74) is 0. The highest BCUT2D eigenvalue weighted by Crippen LogP contribution is 2.28. The molecule has 0 saturated carbocycles. The maximum absolute atomic E-state index is 5.84. The van der Waals surface area contributed by atoms with Crippen LogP contribution in [0.2, 0.25) is 0 Å². The molecule has 0 saturated heterocycles. The summed E-state index contributed by atoms with van der Waals surface area (Å²) in [6, 6.07) is 4.03. The molecular weight excluding hydrogens is 300 g/mol. The lowest BCUT2D eigenvalue weighted by Gasteiger charge is -2.30. The van der Waals surface area contributed by atoms with E-state index in [1.807, 2.05) is 24.4 Å². The molecule has 22 heavy (non-hydrogen) atoms. The second-order valence-corrected chi connectivity index (χ2v) is 6.33. The summed E-state index contributed by atoms with van der Waals surface area (Å²) in [6.07, 6.45) is 0. The van der Waals surface area contributed by atoms with Crippen LogP contribution in [0.25, 0.3) is 10.8 Å². The van der Waals surface area contributed by atoms with Crippen LogP contribution in [0.5, 0.6) is 0 Å². The lowest BCUT2D eigenvalue weighted by Crippen LogP contribution is -2.36. The van der Waals surface area contributed by atoms with E-state index in [9.17, 15) is 0 Å². The van der Waals surface area contributed by atoms with Crippen LogP contribution in [0.3, 0.4) is 0 Å². The second kappa shape index (κ2) is 5.29. The fourth-order valence-corrected chi connectivity index (χ4v) is 3.36. The lowest BCUT2D eigenvalue weighted by molar-refractivity contribution is 0.142. The summed E-state index contributed by atoms with van der Waals surface area (Å²) < 4.78 is 8.00. The van der Waals surface area contributed by atoms with Gasteiger partial charge in [0, 0.05) is 13.1 Å². The van der Waals surface area contributed by atoms with Crippen molar-refractivity contribution >= 4 is 11.3 Å². The quantitative estimate of drug-likeness (QED) is 0.738. The molecule has 7 nitrogen and oxygen atoms in total. The minimum absolute atomic E-state index is 0.0620. The molecule has 1 atom stereocenters. The Kier molecular flexibility index (Phi) is 3.27. The summed E-state index contributed by atoms with van der Waals surface area (Å²) in [4.78, 5) is 3.29.